The van der Waals surface area contributed by atoms with Crippen LogP contribution in [0.2, 0.25) is 0 Å². The maximum absolute atomic E-state index is 12.6. The first-order chi connectivity index (χ1) is 15.0. The molecular weight excluding hydrogens is 388 g/mol. The lowest BCUT2D eigenvalue weighted by molar-refractivity contribution is 0.0617. The molecule has 1 amide bonds. The second kappa shape index (κ2) is 11.0. The first kappa shape index (κ1) is 22.8. The molecule has 1 fully saturated rings. The number of hydrogen-bond acceptors (Lipinski definition) is 3. The lowest BCUT2D eigenvalue weighted by Crippen LogP contribution is -2.44. The molecule has 1 saturated heterocycles. The summed E-state index contributed by atoms with van der Waals surface area (Å²) in [6, 6.07) is 17.3. The highest BCUT2D eigenvalue weighted by atomic mass is 16.3. The Balaban J connectivity index is 1.59. The summed E-state index contributed by atoms with van der Waals surface area (Å²) in [5.41, 5.74) is 1.61. The molecule has 0 radical (unpaired) electrons. The topological polar surface area (TPSA) is 77.0 Å². The summed E-state index contributed by atoms with van der Waals surface area (Å²) >= 11 is 0. The smallest absolute Gasteiger partial charge is 0.253 e. The van der Waals surface area contributed by atoms with Gasteiger partial charge in [0, 0.05) is 25.2 Å². The van der Waals surface area contributed by atoms with Crippen molar-refractivity contribution < 1.29 is 9.90 Å². The summed E-state index contributed by atoms with van der Waals surface area (Å²) in [6.07, 6.45) is 3.40. The van der Waals surface area contributed by atoms with E-state index in [4.69, 9.17) is 0 Å². The van der Waals surface area contributed by atoms with E-state index in [9.17, 15) is 9.90 Å². The number of carbonyl (C=O) groups is 1. The fraction of sp³-hybridized carbons (Fsp3) is 0.440. The second-order valence-electron chi connectivity index (χ2n) is 8.24. The van der Waals surface area contributed by atoms with Crippen LogP contribution in [-0.4, -0.2) is 48.1 Å². The van der Waals surface area contributed by atoms with Gasteiger partial charge in [0.1, 0.15) is 5.60 Å². The molecule has 31 heavy (non-hydrogen) atoms. The first-order valence-corrected chi connectivity index (χ1v) is 11.2. The Kier molecular flexibility index (Phi) is 8.06. The van der Waals surface area contributed by atoms with Crippen LogP contribution >= 0.6 is 0 Å². The lowest BCUT2D eigenvalue weighted by atomic mass is 9.96. The zero-order chi connectivity index (χ0) is 22.1. The Morgan fingerprint density at radius 2 is 1.71 bits per heavy atom. The van der Waals surface area contributed by atoms with Crippen molar-refractivity contribution in [2.24, 2.45) is 4.99 Å². The number of aliphatic imine (C=N–C) groups is 1. The van der Waals surface area contributed by atoms with Gasteiger partial charge in [0.15, 0.2) is 5.96 Å². The zero-order valence-corrected chi connectivity index (χ0v) is 18.6. The largest absolute Gasteiger partial charge is 0.384 e. The zero-order valence-electron chi connectivity index (χ0n) is 18.6. The number of nitrogens with one attached hydrogen (secondary N) is 2. The Labute approximate surface area is 185 Å². The Hall–Kier alpha value is -2.86. The van der Waals surface area contributed by atoms with Gasteiger partial charge >= 0.3 is 0 Å². The van der Waals surface area contributed by atoms with Crippen LogP contribution in [0.15, 0.2) is 59.6 Å². The fourth-order valence-corrected chi connectivity index (χ4v) is 3.70. The van der Waals surface area contributed by atoms with E-state index in [0.29, 0.717) is 19.0 Å². The standard InChI is InChI=1S/C25H34N4O2/c1-3-26-24(28-19-25(2,31)22-10-6-4-7-11-22)27-18-20-12-14-21(15-13-20)23(30)29-16-8-5-9-17-29/h4,6-7,10-15,31H,3,5,8-9,16-19H2,1-2H3,(H2,26,27,28). The summed E-state index contributed by atoms with van der Waals surface area (Å²) < 4.78 is 0. The number of rotatable bonds is 7. The van der Waals surface area contributed by atoms with Gasteiger partial charge in [-0.3, -0.25) is 4.79 Å². The number of benzene rings is 2. The predicted octanol–water partition coefficient (Wildman–Crippen LogP) is 3.28. The van der Waals surface area contributed by atoms with Crippen LogP contribution < -0.4 is 10.6 Å². The average Bonchev–Trinajstić information content (AvgIpc) is 2.82. The highest BCUT2D eigenvalue weighted by molar-refractivity contribution is 5.94. The molecular formula is C25H34N4O2. The van der Waals surface area contributed by atoms with Gasteiger partial charge in [0.05, 0.1) is 13.1 Å². The van der Waals surface area contributed by atoms with Crippen LogP contribution in [0.3, 0.4) is 0 Å². The SMILES string of the molecule is CCNC(=NCc1ccc(C(=O)N2CCCCC2)cc1)NCC(C)(O)c1ccccc1. The number of carbonyl (C=O) groups excluding carboxylic acids is 1. The Bertz CT molecular complexity index is 857. The number of amides is 1. The van der Waals surface area contributed by atoms with Crippen molar-refractivity contribution in [3.63, 3.8) is 0 Å². The van der Waals surface area contributed by atoms with Crippen LogP contribution in [0.5, 0.6) is 0 Å². The number of aliphatic hydroxyl groups is 1. The van der Waals surface area contributed by atoms with Gasteiger partial charge in [-0.05, 0) is 56.4 Å². The molecule has 0 bridgehead atoms. The molecule has 6 heteroatoms. The Morgan fingerprint density at radius 1 is 1.03 bits per heavy atom. The molecule has 2 aromatic rings. The van der Waals surface area contributed by atoms with Crippen LogP contribution in [0.4, 0.5) is 0 Å². The summed E-state index contributed by atoms with van der Waals surface area (Å²) in [6.45, 7) is 7.06. The van der Waals surface area contributed by atoms with Crippen molar-refractivity contribution in [2.45, 2.75) is 45.3 Å². The maximum atomic E-state index is 12.6. The number of likely N-dealkylation sites (tertiary alicyclic amines) is 1. The quantitative estimate of drug-likeness (QED) is 0.473. The van der Waals surface area contributed by atoms with Crippen LogP contribution in [0, 0.1) is 0 Å². The van der Waals surface area contributed by atoms with Gasteiger partial charge < -0.3 is 20.6 Å². The van der Waals surface area contributed by atoms with Crippen molar-refractivity contribution in [2.75, 3.05) is 26.2 Å². The molecule has 1 aliphatic heterocycles. The third-order valence-corrected chi connectivity index (χ3v) is 5.60. The van der Waals surface area contributed by atoms with Gasteiger partial charge in [0.2, 0.25) is 0 Å². The normalized spacial score (nSPS) is 16.5. The minimum Gasteiger partial charge on any atom is -0.384 e. The van der Waals surface area contributed by atoms with E-state index in [1.807, 2.05) is 66.4 Å². The highest BCUT2D eigenvalue weighted by Gasteiger charge is 2.23. The van der Waals surface area contributed by atoms with Crippen molar-refractivity contribution in [3.05, 3.63) is 71.3 Å². The van der Waals surface area contributed by atoms with Gasteiger partial charge in [-0.15, -0.1) is 0 Å². The van der Waals surface area contributed by atoms with E-state index in [0.717, 1.165) is 49.2 Å². The predicted molar refractivity (Wildman–Crippen MR) is 125 cm³/mol. The van der Waals surface area contributed by atoms with Crippen molar-refractivity contribution >= 4 is 11.9 Å². The molecule has 1 heterocycles. The molecule has 0 aromatic heterocycles. The van der Waals surface area contributed by atoms with Crippen molar-refractivity contribution in [3.8, 4) is 0 Å². The lowest BCUT2D eigenvalue weighted by Gasteiger charge is -2.26. The number of hydrogen-bond donors (Lipinski definition) is 3. The summed E-state index contributed by atoms with van der Waals surface area (Å²) in [5, 5.41) is 17.2. The molecule has 3 rings (SSSR count). The minimum atomic E-state index is -1.01. The maximum Gasteiger partial charge on any atom is 0.253 e. The van der Waals surface area contributed by atoms with Crippen molar-refractivity contribution in [1.82, 2.24) is 15.5 Å². The van der Waals surface area contributed by atoms with E-state index in [1.54, 1.807) is 6.92 Å². The van der Waals surface area contributed by atoms with E-state index >= 15 is 0 Å². The summed E-state index contributed by atoms with van der Waals surface area (Å²) in [7, 11) is 0. The molecule has 166 valence electrons. The van der Waals surface area contributed by atoms with Gasteiger partial charge in [-0.25, -0.2) is 4.99 Å². The van der Waals surface area contributed by atoms with Gasteiger partial charge in [-0.2, -0.15) is 0 Å². The summed E-state index contributed by atoms with van der Waals surface area (Å²) in [4.78, 5) is 19.2. The monoisotopic (exact) mass is 422 g/mol. The highest BCUT2D eigenvalue weighted by Crippen LogP contribution is 2.19. The number of guanidine groups is 1. The second-order valence-corrected chi connectivity index (χ2v) is 8.24. The third kappa shape index (κ3) is 6.56. The molecule has 0 saturated carbocycles. The molecule has 1 aliphatic rings. The van der Waals surface area contributed by atoms with E-state index < -0.39 is 5.60 Å². The fourth-order valence-electron chi connectivity index (χ4n) is 3.70. The molecule has 2 aromatic carbocycles. The van der Waals surface area contributed by atoms with Gasteiger partial charge in [0.25, 0.3) is 5.91 Å². The first-order valence-electron chi connectivity index (χ1n) is 11.2. The average molecular weight is 423 g/mol. The van der Waals surface area contributed by atoms with Crippen LogP contribution in [0.25, 0.3) is 0 Å². The van der Waals surface area contributed by atoms with E-state index in [-0.39, 0.29) is 5.91 Å². The molecule has 1 atom stereocenters. The van der Waals surface area contributed by atoms with Gasteiger partial charge in [-0.1, -0.05) is 42.5 Å². The molecule has 0 spiro atoms. The number of piperidine rings is 1. The molecule has 0 aliphatic carbocycles. The molecule has 6 nitrogen and oxygen atoms in total. The minimum absolute atomic E-state index is 0.118. The van der Waals surface area contributed by atoms with E-state index in [1.165, 1.54) is 6.42 Å². The molecule has 1 unspecified atom stereocenters. The van der Waals surface area contributed by atoms with Crippen LogP contribution in [-0.2, 0) is 12.1 Å². The third-order valence-electron chi connectivity index (χ3n) is 5.60. The molecule has 3 N–H and O–H groups in total. The Morgan fingerprint density at radius 3 is 2.35 bits per heavy atom. The van der Waals surface area contributed by atoms with E-state index in [2.05, 4.69) is 15.6 Å². The van der Waals surface area contributed by atoms with Crippen molar-refractivity contribution in [1.29, 1.82) is 0 Å². The van der Waals surface area contributed by atoms with Crippen LogP contribution in [0.1, 0.15) is 54.6 Å². The summed E-state index contributed by atoms with van der Waals surface area (Å²) in [5.74, 6) is 0.764. The number of nitrogens with zero attached hydrogens (tertiary/aromatic N) is 2.